The maximum absolute atomic E-state index is 12.3. The van der Waals surface area contributed by atoms with Crippen LogP contribution in [0.4, 0.5) is 15.5 Å². The number of aliphatic hydroxyl groups excluding tert-OH is 1. The smallest absolute Gasteiger partial charge is 0.409 e. The van der Waals surface area contributed by atoms with Gasteiger partial charge in [-0.15, -0.1) is 11.3 Å². The van der Waals surface area contributed by atoms with Crippen LogP contribution in [0.15, 0.2) is 30.6 Å². The number of aliphatic hydroxyl groups is 1. The first-order chi connectivity index (χ1) is 15.5. The molecule has 32 heavy (non-hydrogen) atoms. The summed E-state index contributed by atoms with van der Waals surface area (Å²) in [6.45, 7) is 1.44. The van der Waals surface area contributed by atoms with Crippen molar-refractivity contribution in [1.82, 2.24) is 9.88 Å². The number of ether oxygens (including phenoxy) is 1. The molecule has 0 radical (unpaired) electrons. The Hall–Kier alpha value is -2.91. The monoisotopic (exact) mass is 456 g/mol. The molecule has 8 nitrogen and oxygen atoms in total. The van der Waals surface area contributed by atoms with Crippen molar-refractivity contribution >= 4 is 40.1 Å². The number of carbonyl (C=O) groups excluding carboxylic acids is 2. The number of amides is 2. The molecule has 1 unspecified atom stereocenters. The number of rotatable bonds is 5. The Balaban J connectivity index is 1.30. The zero-order valence-electron chi connectivity index (χ0n) is 17.8. The molecule has 3 heterocycles. The van der Waals surface area contributed by atoms with Crippen LogP contribution in [0, 0.1) is 5.92 Å². The van der Waals surface area contributed by atoms with E-state index in [2.05, 4.69) is 10.3 Å². The van der Waals surface area contributed by atoms with Gasteiger partial charge in [0.25, 0.3) is 0 Å². The molecule has 0 spiro atoms. The molecule has 4 N–H and O–H groups in total. The molecule has 2 aromatic rings. The number of pyridine rings is 1. The second-order valence-corrected chi connectivity index (χ2v) is 9.36. The summed E-state index contributed by atoms with van der Waals surface area (Å²) in [7, 11) is 0. The van der Waals surface area contributed by atoms with Gasteiger partial charge in [0.2, 0.25) is 5.91 Å². The molecule has 9 heteroatoms. The van der Waals surface area contributed by atoms with Gasteiger partial charge >= 0.3 is 6.09 Å². The van der Waals surface area contributed by atoms with Crippen LogP contribution in [0.1, 0.15) is 35.3 Å². The number of piperidine rings is 1. The second kappa shape index (κ2) is 10.1. The molecule has 170 valence electrons. The Morgan fingerprint density at radius 1 is 1.34 bits per heavy atom. The lowest BCUT2D eigenvalue weighted by Gasteiger charge is -2.30. The number of nitrogens with two attached hydrogens (primary N) is 1. The SMILES string of the molecule is Nc1c(NC(=O)/C=C/c2cccnc2)sc2c1CCC(COC(=O)N1CCC(O)CC1)C2. The molecule has 2 aliphatic rings. The third kappa shape index (κ3) is 5.46. The topological polar surface area (TPSA) is 118 Å². The van der Waals surface area contributed by atoms with Gasteiger partial charge in [0.15, 0.2) is 0 Å². The van der Waals surface area contributed by atoms with E-state index in [0.717, 1.165) is 35.3 Å². The van der Waals surface area contributed by atoms with E-state index < -0.39 is 0 Å². The molecule has 0 bridgehead atoms. The number of anilines is 2. The highest BCUT2D eigenvalue weighted by atomic mass is 32.1. The maximum Gasteiger partial charge on any atom is 0.409 e. The van der Waals surface area contributed by atoms with Crippen molar-refractivity contribution in [2.45, 2.75) is 38.2 Å². The molecule has 0 saturated carbocycles. The summed E-state index contributed by atoms with van der Waals surface area (Å²) in [4.78, 5) is 31.4. The molecule has 2 amide bonds. The molecule has 1 aliphatic heterocycles. The number of nitrogen functional groups attached to an aromatic ring is 1. The van der Waals surface area contributed by atoms with Gasteiger partial charge in [-0.2, -0.15) is 0 Å². The van der Waals surface area contributed by atoms with E-state index in [1.54, 1.807) is 23.4 Å². The molecule has 0 aromatic carbocycles. The van der Waals surface area contributed by atoms with Crippen molar-refractivity contribution < 1.29 is 19.4 Å². The summed E-state index contributed by atoms with van der Waals surface area (Å²) in [5, 5.41) is 13.1. The number of nitrogens with one attached hydrogen (secondary N) is 1. The lowest BCUT2D eigenvalue weighted by atomic mass is 9.89. The standard InChI is InChI=1S/C23H28N4O4S/c24-21-18-5-3-16(14-31-23(30)27-10-7-17(28)8-11-27)12-19(18)32-22(21)26-20(29)6-4-15-2-1-9-25-13-15/h1-2,4,6,9,13,16-17,28H,3,5,7-8,10-12,14,24H2,(H,26,29)/b6-4+. The van der Waals surface area contributed by atoms with Gasteiger partial charge in [0.05, 0.1) is 18.4 Å². The van der Waals surface area contributed by atoms with Gasteiger partial charge in [-0.3, -0.25) is 9.78 Å². The van der Waals surface area contributed by atoms with Crippen molar-refractivity contribution in [3.63, 3.8) is 0 Å². The van der Waals surface area contributed by atoms with Crippen LogP contribution < -0.4 is 11.1 Å². The molecular formula is C23H28N4O4S. The van der Waals surface area contributed by atoms with Gasteiger partial charge in [-0.05, 0) is 61.3 Å². The van der Waals surface area contributed by atoms with E-state index in [4.69, 9.17) is 10.5 Å². The van der Waals surface area contributed by atoms with E-state index in [9.17, 15) is 14.7 Å². The summed E-state index contributed by atoms with van der Waals surface area (Å²) in [5.41, 5.74) is 8.88. The first kappa shape index (κ1) is 22.3. The third-order valence-electron chi connectivity index (χ3n) is 5.92. The quantitative estimate of drug-likeness (QED) is 0.595. The first-order valence-electron chi connectivity index (χ1n) is 10.9. The number of carbonyl (C=O) groups is 2. The lowest BCUT2D eigenvalue weighted by molar-refractivity contribution is -0.111. The normalized spacial score (nSPS) is 19.0. The zero-order chi connectivity index (χ0) is 22.5. The van der Waals surface area contributed by atoms with Crippen LogP contribution in [-0.2, 0) is 22.4 Å². The van der Waals surface area contributed by atoms with Crippen molar-refractivity contribution in [3.05, 3.63) is 46.6 Å². The van der Waals surface area contributed by atoms with Crippen molar-refractivity contribution in [2.75, 3.05) is 30.7 Å². The first-order valence-corrected chi connectivity index (χ1v) is 11.7. The highest BCUT2D eigenvalue weighted by molar-refractivity contribution is 7.17. The Labute approximate surface area is 191 Å². The Bertz CT molecular complexity index is 983. The van der Waals surface area contributed by atoms with Crippen molar-refractivity contribution in [2.24, 2.45) is 5.92 Å². The number of fused-ring (bicyclic) bond motifs is 1. The molecule has 1 aliphatic carbocycles. The number of likely N-dealkylation sites (tertiary alicyclic amines) is 1. The third-order valence-corrected chi connectivity index (χ3v) is 7.11. The molecule has 1 atom stereocenters. The van der Waals surface area contributed by atoms with Crippen LogP contribution >= 0.6 is 11.3 Å². The van der Waals surface area contributed by atoms with E-state index in [1.165, 1.54) is 17.4 Å². The van der Waals surface area contributed by atoms with E-state index in [-0.39, 0.29) is 24.0 Å². The number of aromatic nitrogens is 1. The molecule has 1 saturated heterocycles. The van der Waals surface area contributed by atoms with Crippen LogP contribution in [0.2, 0.25) is 0 Å². The van der Waals surface area contributed by atoms with Gasteiger partial charge in [-0.1, -0.05) is 6.07 Å². The number of hydrogen-bond acceptors (Lipinski definition) is 7. The van der Waals surface area contributed by atoms with Gasteiger partial charge < -0.3 is 25.8 Å². The largest absolute Gasteiger partial charge is 0.449 e. The Kier molecular flexibility index (Phi) is 7.06. The van der Waals surface area contributed by atoms with Crippen LogP contribution in [-0.4, -0.2) is 52.8 Å². The van der Waals surface area contributed by atoms with Crippen molar-refractivity contribution in [3.8, 4) is 0 Å². The van der Waals surface area contributed by atoms with Gasteiger partial charge in [0, 0.05) is 36.4 Å². The minimum atomic E-state index is -0.319. The molecule has 1 fully saturated rings. The van der Waals surface area contributed by atoms with Gasteiger partial charge in [0.1, 0.15) is 5.00 Å². The Morgan fingerprint density at radius 3 is 2.91 bits per heavy atom. The number of thiophene rings is 1. The second-order valence-electron chi connectivity index (χ2n) is 8.26. The van der Waals surface area contributed by atoms with Crippen LogP contribution in [0.5, 0.6) is 0 Å². The average Bonchev–Trinajstić information content (AvgIpc) is 3.11. The maximum atomic E-state index is 12.3. The summed E-state index contributed by atoms with van der Waals surface area (Å²) in [5.74, 6) is -0.00908. The van der Waals surface area contributed by atoms with Gasteiger partial charge in [-0.25, -0.2) is 4.79 Å². The zero-order valence-corrected chi connectivity index (χ0v) is 18.6. The molecular weight excluding hydrogens is 428 g/mol. The number of nitrogens with zero attached hydrogens (tertiary/aromatic N) is 2. The van der Waals surface area contributed by atoms with E-state index in [1.807, 2.05) is 12.1 Å². The average molecular weight is 457 g/mol. The fourth-order valence-electron chi connectivity index (χ4n) is 4.04. The predicted molar refractivity (Wildman–Crippen MR) is 124 cm³/mol. The summed E-state index contributed by atoms with van der Waals surface area (Å²) >= 11 is 1.50. The molecule has 4 rings (SSSR count). The minimum Gasteiger partial charge on any atom is -0.449 e. The minimum absolute atomic E-state index is 0.230. The fourth-order valence-corrected chi connectivity index (χ4v) is 5.33. The Morgan fingerprint density at radius 2 is 2.16 bits per heavy atom. The van der Waals surface area contributed by atoms with E-state index in [0.29, 0.717) is 43.2 Å². The summed E-state index contributed by atoms with van der Waals surface area (Å²) < 4.78 is 5.54. The predicted octanol–water partition coefficient (Wildman–Crippen LogP) is 3.08. The molecule has 2 aromatic heterocycles. The summed E-state index contributed by atoms with van der Waals surface area (Å²) in [6.07, 6.45) is 9.58. The van der Waals surface area contributed by atoms with Crippen LogP contribution in [0.25, 0.3) is 6.08 Å². The fraction of sp³-hybridized carbons (Fsp3) is 0.435. The highest BCUT2D eigenvalue weighted by Gasteiger charge is 2.27. The van der Waals surface area contributed by atoms with Crippen LogP contribution in [0.3, 0.4) is 0 Å². The van der Waals surface area contributed by atoms with Crippen molar-refractivity contribution in [1.29, 1.82) is 0 Å². The number of hydrogen-bond donors (Lipinski definition) is 3. The summed E-state index contributed by atoms with van der Waals surface area (Å²) in [6, 6.07) is 3.68. The lowest BCUT2D eigenvalue weighted by Crippen LogP contribution is -2.41. The van der Waals surface area contributed by atoms with E-state index >= 15 is 0 Å². The highest BCUT2D eigenvalue weighted by Crippen LogP contribution is 2.41.